The summed E-state index contributed by atoms with van der Waals surface area (Å²) in [6, 6.07) is -0.875. The number of carbonyl (C=O) groups is 1. The van der Waals surface area contributed by atoms with Crippen LogP contribution in [0.4, 0.5) is 0 Å². The summed E-state index contributed by atoms with van der Waals surface area (Å²) in [5, 5.41) is 119. The van der Waals surface area contributed by atoms with Gasteiger partial charge in [-0.1, -0.05) is 136 Å². The Labute approximate surface area is 385 Å². The number of carbonyl (C=O) groups excluding carboxylic acids is 1. The summed E-state index contributed by atoms with van der Waals surface area (Å²) in [5.41, 5.74) is 0. The fourth-order valence-corrected chi connectivity index (χ4v) is 8.72. The molecule has 12 N–H and O–H groups in total. The zero-order chi connectivity index (χ0) is 47.7. The van der Waals surface area contributed by atoms with Gasteiger partial charge in [0, 0.05) is 6.42 Å². The summed E-state index contributed by atoms with van der Waals surface area (Å²) in [5.74, 6) is -0.254. The lowest BCUT2D eigenvalue weighted by molar-refractivity contribution is -0.379. The van der Waals surface area contributed by atoms with Crippen LogP contribution >= 0.6 is 0 Å². The Hall–Kier alpha value is -1.21. The van der Waals surface area contributed by atoms with Gasteiger partial charge >= 0.3 is 0 Å². The van der Waals surface area contributed by atoms with Crippen LogP contribution in [0.3, 0.4) is 0 Å². The van der Waals surface area contributed by atoms with Crippen molar-refractivity contribution in [3.63, 3.8) is 0 Å². The van der Waals surface area contributed by atoms with Crippen LogP contribution in [0.25, 0.3) is 0 Å². The standard InChI is InChI=1S/C46H87NO18/c1-3-5-7-9-11-12-13-14-15-16-17-18-19-21-23-30(51)29(47-34(52)24-22-20-10-8-6-4-2)28-60-44-40(58)37(55)42(32(26-49)62-44)65-46-41(59)38(56)43(33(27-50)63-46)64-45-39(57)36(54)35(53)31(25-48)61-45/h29-33,35-46,48-51,53-59H,3-28H2,1-2H3,(H,47,52). The van der Waals surface area contributed by atoms with E-state index in [9.17, 15) is 61.0 Å². The first-order valence-corrected chi connectivity index (χ1v) is 24.8. The van der Waals surface area contributed by atoms with Crippen molar-refractivity contribution in [1.29, 1.82) is 0 Å². The monoisotopic (exact) mass is 942 g/mol. The van der Waals surface area contributed by atoms with E-state index in [1.54, 1.807) is 0 Å². The second-order valence-electron chi connectivity index (χ2n) is 18.3. The van der Waals surface area contributed by atoms with Gasteiger partial charge in [-0.3, -0.25) is 4.79 Å². The molecule has 0 aromatic heterocycles. The van der Waals surface area contributed by atoms with Crippen molar-refractivity contribution in [2.75, 3.05) is 26.4 Å². The van der Waals surface area contributed by atoms with Crippen molar-refractivity contribution in [3.8, 4) is 0 Å². The minimum absolute atomic E-state index is 0.254. The third-order valence-corrected chi connectivity index (χ3v) is 12.9. The molecule has 3 aliphatic rings. The van der Waals surface area contributed by atoms with E-state index in [0.29, 0.717) is 12.8 Å². The van der Waals surface area contributed by atoms with E-state index in [1.165, 1.54) is 64.2 Å². The molecule has 3 aliphatic heterocycles. The number of unbranched alkanes of at least 4 members (excludes halogenated alkanes) is 18. The highest BCUT2D eigenvalue weighted by Gasteiger charge is 2.53. The largest absolute Gasteiger partial charge is 0.394 e. The quantitative estimate of drug-likeness (QED) is 0.0399. The van der Waals surface area contributed by atoms with Gasteiger partial charge in [0.1, 0.15) is 73.2 Å². The Morgan fingerprint density at radius 2 is 0.877 bits per heavy atom. The normalized spacial score (nSPS) is 34.1. The smallest absolute Gasteiger partial charge is 0.220 e. The van der Waals surface area contributed by atoms with E-state index in [0.717, 1.165) is 57.8 Å². The highest BCUT2D eigenvalue weighted by molar-refractivity contribution is 5.76. The third kappa shape index (κ3) is 19.2. The maximum atomic E-state index is 13.1. The van der Waals surface area contributed by atoms with Crippen molar-refractivity contribution < 1.29 is 89.4 Å². The molecule has 0 bridgehead atoms. The summed E-state index contributed by atoms with van der Waals surface area (Å²) in [6.45, 7) is 1.68. The van der Waals surface area contributed by atoms with Gasteiger partial charge in [-0.15, -0.1) is 0 Å². The maximum absolute atomic E-state index is 13.1. The van der Waals surface area contributed by atoms with Crippen LogP contribution in [0.15, 0.2) is 0 Å². The Morgan fingerprint density at radius 1 is 0.492 bits per heavy atom. The summed E-state index contributed by atoms with van der Waals surface area (Å²) in [6.07, 6.45) is -3.12. The molecule has 65 heavy (non-hydrogen) atoms. The summed E-state index contributed by atoms with van der Waals surface area (Å²) >= 11 is 0. The predicted octanol–water partition coefficient (Wildman–Crippen LogP) is 0.919. The molecule has 0 saturated carbocycles. The third-order valence-electron chi connectivity index (χ3n) is 12.9. The van der Waals surface area contributed by atoms with Crippen LogP contribution < -0.4 is 5.32 Å². The van der Waals surface area contributed by atoms with E-state index in [-0.39, 0.29) is 18.9 Å². The molecule has 0 aliphatic carbocycles. The topological polar surface area (TPSA) is 307 Å². The van der Waals surface area contributed by atoms with E-state index in [2.05, 4.69) is 19.2 Å². The first-order valence-electron chi connectivity index (χ1n) is 24.8. The lowest BCUT2D eigenvalue weighted by atomic mass is 9.96. The zero-order valence-electron chi connectivity index (χ0n) is 39.0. The minimum atomic E-state index is -1.97. The number of hydrogen-bond donors (Lipinski definition) is 12. The first kappa shape index (κ1) is 58.1. The number of rotatable bonds is 34. The summed E-state index contributed by atoms with van der Waals surface area (Å²) in [7, 11) is 0. The first-order chi connectivity index (χ1) is 31.3. The van der Waals surface area contributed by atoms with Gasteiger partial charge in [0.25, 0.3) is 0 Å². The number of nitrogens with one attached hydrogen (secondary N) is 1. The van der Waals surface area contributed by atoms with E-state index < -0.39 is 124 Å². The second kappa shape index (κ2) is 32.6. The molecule has 3 heterocycles. The molecule has 19 nitrogen and oxygen atoms in total. The Balaban J connectivity index is 1.55. The average Bonchev–Trinajstić information content (AvgIpc) is 3.30. The number of aliphatic hydroxyl groups is 11. The molecule has 0 spiro atoms. The molecular formula is C46H87NO18. The van der Waals surface area contributed by atoms with Crippen LogP contribution in [-0.4, -0.2) is 193 Å². The van der Waals surface area contributed by atoms with Crippen molar-refractivity contribution in [2.45, 2.75) is 259 Å². The van der Waals surface area contributed by atoms with Crippen LogP contribution in [0.2, 0.25) is 0 Å². The maximum Gasteiger partial charge on any atom is 0.220 e. The lowest BCUT2D eigenvalue weighted by Crippen LogP contribution is -2.66. The van der Waals surface area contributed by atoms with Crippen molar-refractivity contribution in [3.05, 3.63) is 0 Å². The average molecular weight is 942 g/mol. The van der Waals surface area contributed by atoms with Gasteiger partial charge in [-0.25, -0.2) is 0 Å². The van der Waals surface area contributed by atoms with E-state index in [4.69, 9.17) is 28.4 Å². The molecule has 3 saturated heterocycles. The molecule has 19 heteroatoms. The highest BCUT2D eigenvalue weighted by Crippen LogP contribution is 2.33. The van der Waals surface area contributed by atoms with E-state index in [1.807, 2.05) is 0 Å². The Bertz CT molecular complexity index is 1220. The highest BCUT2D eigenvalue weighted by atomic mass is 16.8. The fourth-order valence-electron chi connectivity index (χ4n) is 8.72. The van der Waals surface area contributed by atoms with Crippen LogP contribution in [0.1, 0.15) is 155 Å². The molecule has 0 radical (unpaired) electrons. The molecule has 17 unspecified atom stereocenters. The van der Waals surface area contributed by atoms with Crippen molar-refractivity contribution >= 4 is 5.91 Å². The van der Waals surface area contributed by atoms with Crippen molar-refractivity contribution in [2.24, 2.45) is 0 Å². The molecule has 0 aromatic rings. The fraction of sp³-hybridized carbons (Fsp3) is 0.978. The van der Waals surface area contributed by atoms with Gasteiger partial charge < -0.3 is 89.9 Å². The summed E-state index contributed by atoms with van der Waals surface area (Å²) < 4.78 is 34.0. The van der Waals surface area contributed by atoms with Crippen LogP contribution in [-0.2, 0) is 33.2 Å². The van der Waals surface area contributed by atoms with Crippen LogP contribution in [0, 0.1) is 0 Å². The zero-order valence-corrected chi connectivity index (χ0v) is 39.0. The predicted molar refractivity (Wildman–Crippen MR) is 236 cm³/mol. The van der Waals surface area contributed by atoms with Gasteiger partial charge in [0.05, 0.1) is 38.6 Å². The molecule has 17 atom stereocenters. The van der Waals surface area contributed by atoms with Gasteiger partial charge in [0.2, 0.25) is 5.91 Å². The molecule has 384 valence electrons. The van der Waals surface area contributed by atoms with Gasteiger partial charge in [-0.2, -0.15) is 0 Å². The van der Waals surface area contributed by atoms with E-state index >= 15 is 0 Å². The molecule has 1 amide bonds. The SMILES string of the molecule is CCCCCCCCCCCCCCCCC(O)C(COC1OC(CO)C(OC2OC(CO)C(OC3OC(CO)C(O)C(O)C3O)C(O)C2O)C(O)C1O)NC(=O)CCCCCCCC. The minimum Gasteiger partial charge on any atom is -0.394 e. The number of hydrogen-bond acceptors (Lipinski definition) is 18. The van der Waals surface area contributed by atoms with Crippen LogP contribution in [0.5, 0.6) is 0 Å². The Morgan fingerprint density at radius 3 is 1.34 bits per heavy atom. The summed E-state index contributed by atoms with van der Waals surface area (Å²) in [4.78, 5) is 13.1. The van der Waals surface area contributed by atoms with Crippen molar-refractivity contribution in [1.82, 2.24) is 5.32 Å². The Kier molecular flexibility index (Phi) is 29.1. The molecular weight excluding hydrogens is 854 g/mol. The number of aliphatic hydroxyl groups excluding tert-OH is 11. The molecule has 0 aromatic carbocycles. The second-order valence-corrected chi connectivity index (χ2v) is 18.3. The molecule has 3 rings (SSSR count). The number of ether oxygens (including phenoxy) is 6. The van der Waals surface area contributed by atoms with Gasteiger partial charge in [-0.05, 0) is 12.8 Å². The number of amides is 1. The molecule has 3 fully saturated rings. The lowest BCUT2D eigenvalue weighted by Gasteiger charge is -2.48. The van der Waals surface area contributed by atoms with Gasteiger partial charge in [0.15, 0.2) is 18.9 Å².